The van der Waals surface area contributed by atoms with Gasteiger partial charge in [0.1, 0.15) is 0 Å². The predicted octanol–water partition coefficient (Wildman–Crippen LogP) is 1.32. The van der Waals surface area contributed by atoms with E-state index in [1.165, 1.54) is 6.33 Å². The Morgan fingerprint density at radius 2 is 1.93 bits per heavy atom. The van der Waals surface area contributed by atoms with Gasteiger partial charge in [0.25, 0.3) is 5.56 Å². The third kappa shape index (κ3) is 2.90. The fraction of sp³-hybridized carbons (Fsp3) is 0.500. The van der Waals surface area contributed by atoms with E-state index in [0.717, 1.165) is 5.92 Å². The Morgan fingerprint density at radius 3 is 2.47 bits per heavy atom. The highest BCUT2D eigenvalue weighted by Crippen LogP contribution is 1.99. The van der Waals surface area contributed by atoms with Gasteiger partial charge in [-0.2, -0.15) is 0 Å². The second-order valence-electron chi connectivity index (χ2n) is 3.99. The summed E-state index contributed by atoms with van der Waals surface area (Å²) in [6.07, 6.45) is 2.91. The maximum absolute atomic E-state index is 11.1. The van der Waals surface area contributed by atoms with Gasteiger partial charge in [-0.05, 0) is 5.92 Å². The fourth-order valence-electron chi connectivity index (χ4n) is 0.994. The summed E-state index contributed by atoms with van der Waals surface area (Å²) in [5.41, 5.74) is 0.832. The number of aryl methyl sites for hydroxylation is 1. The summed E-state index contributed by atoms with van der Waals surface area (Å²) in [6.45, 7) is 6.50. The van der Waals surface area contributed by atoms with E-state index in [0.29, 0.717) is 11.2 Å². The van der Waals surface area contributed by atoms with Crippen molar-refractivity contribution in [2.45, 2.75) is 20.8 Å². The fourth-order valence-corrected chi connectivity index (χ4v) is 0.994. The van der Waals surface area contributed by atoms with Crippen molar-refractivity contribution in [3.63, 3.8) is 0 Å². The van der Waals surface area contributed by atoms with Gasteiger partial charge in [-0.3, -0.25) is 4.79 Å². The monoisotopic (exact) mass is 208 g/mol. The first-order valence-corrected chi connectivity index (χ1v) is 4.87. The van der Waals surface area contributed by atoms with E-state index >= 15 is 0 Å². The first-order chi connectivity index (χ1) is 7.02. The average Bonchev–Trinajstić information content (AvgIpc) is 2.48. The van der Waals surface area contributed by atoms with Gasteiger partial charge in [0.15, 0.2) is 11.2 Å². The van der Waals surface area contributed by atoms with Crippen LogP contribution in [0.2, 0.25) is 0 Å². The Morgan fingerprint density at radius 1 is 1.33 bits per heavy atom. The van der Waals surface area contributed by atoms with Crippen LogP contribution in [0.3, 0.4) is 0 Å². The topological polar surface area (TPSA) is 63.6 Å². The molecule has 2 aromatic heterocycles. The molecule has 5 heteroatoms. The quantitative estimate of drug-likeness (QED) is 0.710. The molecule has 2 heterocycles. The second kappa shape index (κ2) is 4.72. The number of aromatic nitrogens is 4. The summed E-state index contributed by atoms with van der Waals surface area (Å²) in [5, 5.41) is 0. The van der Waals surface area contributed by atoms with Crippen LogP contribution in [0.15, 0.2) is 17.4 Å². The van der Waals surface area contributed by atoms with Gasteiger partial charge in [0.2, 0.25) is 0 Å². The van der Waals surface area contributed by atoms with E-state index in [9.17, 15) is 4.79 Å². The largest absolute Gasteiger partial charge is 0.328 e. The summed E-state index contributed by atoms with van der Waals surface area (Å²) in [6, 6.07) is 0. The molecular weight excluding hydrogens is 192 g/mol. The molecular formula is C10H16N4O. The summed E-state index contributed by atoms with van der Waals surface area (Å²) < 4.78 is 1.64. The maximum atomic E-state index is 11.1. The van der Waals surface area contributed by atoms with Crippen LogP contribution in [0.4, 0.5) is 0 Å². The van der Waals surface area contributed by atoms with Gasteiger partial charge in [-0.1, -0.05) is 20.8 Å². The molecule has 2 rings (SSSR count). The normalized spacial score (nSPS) is 10.2. The van der Waals surface area contributed by atoms with Crippen molar-refractivity contribution in [3.8, 4) is 0 Å². The molecule has 2 aromatic rings. The average molecular weight is 208 g/mol. The Bertz CT molecular complexity index is 481. The number of hydrogen-bond donors (Lipinski definition) is 1. The predicted molar refractivity (Wildman–Crippen MR) is 59.6 cm³/mol. The Kier molecular flexibility index (Phi) is 3.60. The highest BCUT2D eigenvalue weighted by Gasteiger charge is 2.02. The molecule has 0 unspecified atom stereocenters. The van der Waals surface area contributed by atoms with Crippen LogP contribution >= 0.6 is 0 Å². The van der Waals surface area contributed by atoms with Crippen LogP contribution in [0.25, 0.3) is 11.2 Å². The molecule has 0 saturated carbocycles. The first-order valence-electron chi connectivity index (χ1n) is 4.87. The van der Waals surface area contributed by atoms with Crippen LogP contribution in [0.1, 0.15) is 20.8 Å². The third-order valence-corrected chi connectivity index (χ3v) is 1.52. The van der Waals surface area contributed by atoms with Crippen molar-refractivity contribution >= 4 is 11.2 Å². The molecule has 0 amide bonds. The number of aromatic amines is 1. The molecule has 0 fully saturated rings. The number of fused-ring (bicyclic) bond motifs is 1. The van der Waals surface area contributed by atoms with Crippen LogP contribution in [-0.4, -0.2) is 19.5 Å². The molecule has 0 bridgehead atoms. The zero-order chi connectivity index (χ0) is 11.4. The molecule has 0 aliphatic carbocycles. The number of hydrogen-bond acceptors (Lipinski definition) is 3. The van der Waals surface area contributed by atoms with E-state index in [1.54, 1.807) is 17.9 Å². The van der Waals surface area contributed by atoms with Gasteiger partial charge in [0, 0.05) is 7.05 Å². The highest BCUT2D eigenvalue weighted by molar-refractivity contribution is 5.68. The van der Waals surface area contributed by atoms with Gasteiger partial charge in [0.05, 0.1) is 12.7 Å². The molecule has 82 valence electrons. The molecule has 0 aromatic carbocycles. The Labute approximate surface area is 88.2 Å². The SMILES string of the molecule is CC(C)C.Cn1cnc2nc[nH]c(=O)c21. The van der Waals surface area contributed by atoms with E-state index in [4.69, 9.17) is 0 Å². The number of nitrogens with zero attached hydrogens (tertiary/aromatic N) is 3. The Balaban J connectivity index is 0.000000245. The van der Waals surface area contributed by atoms with Crippen LogP contribution < -0.4 is 5.56 Å². The maximum Gasteiger partial charge on any atom is 0.276 e. The van der Waals surface area contributed by atoms with Crippen molar-refractivity contribution in [2.24, 2.45) is 13.0 Å². The number of nitrogens with one attached hydrogen (secondary N) is 1. The first kappa shape index (κ1) is 11.4. The summed E-state index contributed by atoms with van der Waals surface area (Å²) in [4.78, 5) is 21.4. The second-order valence-corrected chi connectivity index (χ2v) is 3.99. The van der Waals surface area contributed by atoms with E-state index in [1.807, 2.05) is 0 Å². The minimum Gasteiger partial charge on any atom is -0.328 e. The lowest BCUT2D eigenvalue weighted by atomic mass is 10.3. The van der Waals surface area contributed by atoms with E-state index < -0.39 is 0 Å². The van der Waals surface area contributed by atoms with Gasteiger partial charge < -0.3 is 9.55 Å². The lowest BCUT2D eigenvalue weighted by Gasteiger charge is -1.88. The van der Waals surface area contributed by atoms with Crippen molar-refractivity contribution < 1.29 is 0 Å². The molecule has 0 aliphatic heterocycles. The van der Waals surface area contributed by atoms with Crippen molar-refractivity contribution in [3.05, 3.63) is 23.0 Å². The van der Waals surface area contributed by atoms with Crippen LogP contribution in [0, 0.1) is 5.92 Å². The number of imidazole rings is 1. The molecule has 0 aliphatic rings. The van der Waals surface area contributed by atoms with Crippen LogP contribution in [-0.2, 0) is 7.05 Å². The minimum absolute atomic E-state index is 0.157. The summed E-state index contributed by atoms with van der Waals surface area (Å²) >= 11 is 0. The molecule has 1 N–H and O–H groups in total. The van der Waals surface area contributed by atoms with Crippen molar-refractivity contribution in [2.75, 3.05) is 0 Å². The minimum atomic E-state index is -0.157. The molecule has 5 nitrogen and oxygen atoms in total. The van der Waals surface area contributed by atoms with E-state index in [-0.39, 0.29) is 5.56 Å². The Hall–Kier alpha value is -1.65. The zero-order valence-corrected chi connectivity index (χ0v) is 9.48. The number of H-pyrrole nitrogens is 1. The van der Waals surface area contributed by atoms with Crippen molar-refractivity contribution in [1.82, 2.24) is 19.5 Å². The highest BCUT2D eigenvalue weighted by atomic mass is 16.1. The third-order valence-electron chi connectivity index (χ3n) is 1.52. The summed E-state index contributed by atoms with van der Waals surface area (Å²) in [7, 11) is 1.76. The van der Waals surface area contributed by atoms with E-state index in [2.05, 4.69) is 35.7 Å². The van der Waals surface area contributed by atoms with Crippen molar-refractivity contribution in [1.29, 1.82) is 0 Å². The zero-order valence-electron chi connectivity index (χ0n) is 9.48. The lowest BCUT2D eigenvalue weighted by molar-refractivity contribution is 0.737. The van der Waals surface area contributed by atoms with Gasteiger partial charge in [-0.15, -0.1) is 0 Å². The summed E-state index contributed by atoms with van der Waals surface area (Å²) in [5.74, 6) is 0.833. The molecule has 0 radical (unpaired) electrons. The molecule has 0 atom stereocenters. The molecule has 15 heavy (non-hydrogen) atoms. The van der Waals surface area contributed by atoms with Gasteiger partial charge >= 0.3 is 0 Å². The standard InChI is InChI=1S/C6H6N4O.C4H10/c1-10-3-9-5-4(10)6(11)8-2-7-5;1-4(2)3/h2-3H,1H3,(H,7,8,11);4H,1-3H3. The molecule has 0 saturated heterocycles. The number of rotatable bonds is 0. The smallest absolute Gasteiger partial charge is 0.276 e. The van der Waals surface area contributed by atoms with Gasteiger partial charge in [-0.25, -0.2) is 9.97 Å². The van der Waals surface area contributed by atoms with Crippen LogP contribution in [0.5, 0.6) is 0 Å². The lowest BCUT2D eigenvalue weighted by Crippen LogP contribution is -2.08. The molecule has 0 spiro atoms.